The molecule has 31 heavy (non-hydrogen) atoms. The van der Waals surface area contributed by atoms with Crippen LogP contribution in [0.5, 0.6) is 11.5 Å². The normalized spacial score (nSPS) is 19.8. The Bertz CT molecular complexity index is 1010. The lowest BCUT2D eigenvalue weighted by molar-refractivity contribution is -0.140. The van der Waals surface area contributed by atoms with Gasteiger partial charge in [0.2, 0.25) is 0 Å². The van der Waals surface area contributed by atoms with Gasteiger partial charge in [-0.1, -0.05) is 30.3 Å². The van der Waals surface area contributed by atoms with E-state index in [1.165, 1.54) is 4.90 Å². The van der Waals surface area contributed by atoms with Gasteiger partial charge in [0.05, 0.1) is 24.3 Å². The third kappa shape index (κ3) is 4.14. The number of rotatable bonds is 6. The molecule has 2 aliphatic rings. The Morgan fingerprint density at radius 3 is 2.52 bits per heavy atom. The molecule has 2 heterocycles. The maximum absolute atomic E-state index is 13.0. The zero-order chi connectivity index (χ0) is 22.0. The predicted molar refractivity (Wildman–Crippen MR) is 114 cm³/mol. The SMILES string of the molecule is CC(C)OCCN1C(=O)C(=O)/C(=C(\O)c2ccc3c(c2)OCCO3)C1c1ccccc1. The van der Waals surface area contributed by atoms with E-state index in [-0.39, 0.29) is 30.6 Å². The van der Waals surface area contributed by atoms with Crippen molar-refractivity contribution in [2.24, 2.45) is 0 Å². The van der Waals surface area contributed by atoms with Crippen LogP contribution in [-0.4, -0.2) is 54.2 Å². The smallest absolute Gasteiger partial charge is 0.295 e. The van der Waals surface area contributed by atoms with Gasteiger partial charge in [0.15, 0.2) is 11.5 Å². The van der Waals surface area contributed by atoms with Crippen LogP contribution in [0.25, 0.3) is 5.76 Å². The summed E-state index contributed by atoms with van der Waals surface area (Å²) in [6, 6.07) is 13.5. The molecule has 4 rings (SSSR count). The van der Waals surface area contributed by atoms with Gasteiger partial charge in [-0.3, -0.25) is 9.59 Å². The molecule has 0 aromatic heterocycles. The Morgan fingerprint density at radius 2 is 1.81 bits per heavy atom. The average Bonchev–Trinajstić information content (AvgIpc) is 3.03. The molecule has 0 saturated carbocycles. The van der Waals surface area contributed by atoms with Gasteiger partial charge in [0.25, 0.3) is 11.7 Å². The minimum Gasteiger partial charge on any atom is -0.507 e. The van der Waals surface area contributed by atoms with Crippen molar-refractivity contribution in [1.82, 2.24) is 4.90 Å². The Morgan fingerprint density at radius 1 is 1.10 bits per heavy atom. The van der Waals surface area contributed by atoms with E-state index in [0.717, 1.165) is 5.56 Å². The summed E-state index contributed by atoms with van der Waals surface area (Å²) < 4.78 is 16.7. The van der Waals surface area contributed by atoms with Gasteiger partial charge < -0.3 is 24.2 Å². The van der Waals surface area contributed by atoms with Gasteiger partial charge in [0.1, 0.15) is 19.0 Å². The van der Waals surface area contributed by atoms with Crippen LogP contribution in [-0.2, 0) is 14.3 Å². The third-order valence-corrected chi connectivity index (χ3v) is 5.25. The number of hydrogen-bond acceptors (Lipinski definition) is 6. The molecular weight excluding hydrogens is 398 g/mol. The van der Waals surface area contributed by atoms with E-state index < -0.39 is 17.7 Å². The summed E-state index contributed by atoms with van der Waals surface area (Å²) in [5, 5.41) is 11.1. The summed E-state index contributed by atoms with van der Waals surface area (Å²) in [5.41, 5.74) is 1.18. The van der Waals surface area contributed by atoms with E-state index in [2.05, 4.69) is 0 Å². The topological polar surface area (TPSA) is 85.3 Å². The zero-order valence-electron chi connectivity index (χ0n) is 17.5. The highest BCUT2D eigenvalue weighted by atomic mass is 16.6. The molecule has 2 aromatic carbocycles. The van der Waals surface area contributed by atoms with E-state index >= 15 is 0 Å². The van der Waals surface area contributed by atoms with Gasteiger partial charge in [-0.15, -0.1) is 0 Å². The molecule has 7 nitrogen and oxygen atoms in total. The number of hydrogen-bond donors (Lipinski definition) is 1. The Kier molecular flexibility index (Phi) is 5.95. The number of aliphatic hydroxyl groups excluding tert-OH is 1. The van der Waals surface area contributed by atoms with Crippen molar-refractivity contribution in [3.63, 3.8) is 0 Å². The number of carbonyl (C=O) groups is 2. The molecule has 1 saturated heterocycles. The minimum atomic E-state index is -0.717. The monoisotopic (exact) mass is 423 g/mol. The number of likely N-dealkylation sites (tertiary alicyclic amines) is 1. The summed E-state index contributed by atoms with van der Waals surface area (Å²) in [6.07, 6.45) is 0.00436. The van der Waals surface area contributed by atoms with Crippen LogP contribution in [0.4, 0.5) is 0 Å². The van der Waals surface area contributed by atoms with Crippen molar-refractivity contribution in [3.05, 3.63) is 65.2 Å². The lowest BCUT2D eigenvalue weighted by atomic mass is 9.95. The molecule has 2 aliphatic heterocycles. The van der Waals surface area contributed by atoms with Crippen LogP contribution < -0.4 is 9.47 Å². The number of carbonyl (C=O) groups excluding carboxylic acids is 2. The van der Waals surface area contributed by atoms with Gasteiger partial charge in [-0.2, -0.15) is 0 Å². The van der Waals surface area contributed by atoms with Gasteiger partial charge in [0, 0.05) is 12.1 Å². The van der Waals surface area contributed by atoms with Gasteiger partial charge >= 0.3 is 0 Å². The summed E-state index contributed by atoms with van der Waals surface area (Å²) >= 11 is 0. The first-order valence-corrected chi connectivity index (χ1v) is 10.3. The lowest BCUT2D eigenvalue weighted by Crippen LogP contribution is -2.33. The highest BCUT2D eigenvalue weighted by Crippen LogP contribution is 2.40. The number of Topliss-reactive ketones (excluding diaryl/α,β-unsaturated/α-hetero) is 1. The number of benzene rings is 2. The summed E-state index contributed by atoms with van der Waals surface area (Å²) in [6.45, 7) is 5.20. The molecule has 0 radical (unpaired) electrons. The standard InChI is InChI=1S/C24H25NO6/c1-15(2)29-11-10-25-21(16-6-4-3-5-7-16)20(23(27)24(25)28)22(26)17-8-9-18-19(14-17)31-13-12-30-18/h3-9,14-15,21,26H,10-13H2,1-2H3/b22-20-. The van der Waals surface area contributed by atoms with Crippen molar-refractivity contribution < 1.29 is 28.9 Å². The molecule has 1 unspecified atom stereocenters. The molecule has 0 spiro atoms. The van der Waals surface area contributed by atoms with Crippen molar-refractivity contribution in [2.45, 2.75) is 26.0 Å². The summed E-state index contributed by atoms with van der Waals surface area (Å²) in [4.78, 5) is 27.3. The number of nitrogens with zero attached hydrogens (tertiary/aromatic N) is 1. The second-order valence-corrected chi connectivity index (χ2v) is 7.68. The van der Waals surface area contributed by atoms with E-state index in [4.69, 9.17) is 14.2 Å². The van der Waals surface area contributed by atoms with Crippen LogP contribution in [0.2, 0.25) is 0 Å². The third-order valence-electron chi connectivity index (χ3n) is 5.25. The molecule has 1 fully saturated rings. The molecule has 1 amide bonds. The van der Waals surface area contributed by atoms with Gasteiger partial charge in [-0.25, -0.2) is 0 Å². The predicted octanol–water partition coefficient (Wildman–Crippen LogP) is 3.30. The van der Waals surface area contributed by atoms with Crippen molar-refractivity contribution in [1.29, 1.82) is 0 Å². The number of amides is 1. The van der Waals surface area contributed by atoms with Crippen LogP contribution >= 0.6 is 0 Å². The van der Waals surface area contributed by atoms with Crippen LogP contribution in [0.15, 0.2) is 54.1 Å². The molecule has 7 heteroatoms. The highest BCUT2D eigenvalue weighted by Gasteiger charge is 2.45. The largest absolute Gasteiger partial charge is 0.507 e. The van der Waals surface area contributed by atoms with E-state index in [9.17, 15) is 14.7 Å². The average molecular weight is 423 g/mol. The van der Waals surface area contributed by atoms with Crippen molar-refractivity contribution in [3.8, 4) is 11.5 Å². The second kappa shape index (κ2) is 8.81. The molecule has 0 aliphatic carbocycles. The Hall–Kier alpha value is -3.32. The highest BCUT2D eigenvalue weighted by molar-refractivity contribution is 6.46. The summed E-state index contributed by atoms with van der Waals surface area (Å²) in [5.74, 6) is -0.539. The molecule has 0 bridgehead atoms. The number of aliphatic hydroxyl groups is 1. The Balaban J connectivity index is 1.76. The first kappa shape index (κ1) is 20.9. The summed E-state index contributed by atoms with van der Waals surface area (Å²) in [7, 11) is 0. The van der Waals surface area contributed by atoms with Crippen LogP contribution in [0.1, 0.15) is 31.0 Å². The molecule has 162 valence electrons. The maximum Gasteiger partial charge on any atom is 0.295 e. The quantitative estimate of drug-likeness (QED) is 0.436. The second-order valence-electron chi connectivity index (χ2n) is 7.68. The Labute approximate surface area is 180 Å². The fraction of sp³-hybridized carbons (Fsp3) is 0.333. The molecule has 2 aromatic rings. The first-order chi connectivity index (χ1) is 15.0. The molecular formula is C24H25NO6. The number of ether oxygens (including phenoxy) is 3. The van der Waals surface area contributed by atoms with E-state index in [1.54, 1.807) is 18.2 Å². The zero-order valence-corrected chi connectivity index (χ0v) is 17.5. The lowest BCUT2D eigenvalue weighted by Gasteiger charge is -2.25. The van der Waals surface area contributed by atoms with Crippen molar-refractivity contribution in [2.75, 3.05) is 26.4 Å². The van der Waals surface area contributed by atoms with E-state index in [0.29, 0.717) is 30.3 Å². The van der Waals surface area contributed by atoms with Crippen LogP contribution in [0.3, 0.4) is 0 Å². The van der Waals surface area contributed by atoms with Gasteiger partial charge in [-0.05, 0) is 37.6 Å². The number of ketones is 1. The van der Waals surface area contributed by atoms with E-state index in [1.807, 2.05) is 44.2 Å². The first-order valence-electron chi connectivity index (χ1n) is 10.3. The fourth-order valence-electron chi connectivity index (χ4n) is 3.83. The maximum atomic E-state index is 13.0. The fourth-order valence-corrected chi connectivity index (χ4v) is 3.83. The number of fused-ring (bicyclic) bond motifs is 1. The van der Waals surface area contributed by atoms with Crippen molar-refractivity contribution >= 4 is 17.4 Å². The molecule has 1 atom stereocenters. The van der Waals surface area contributed by atoms with Crippen LogP contribution in [0, 0.1) is 0 Å². The minimum absolute atomic E-state index is 0.00436. The molecule has 1 N–H and O–H groups in total.